The number of nitrogens with zero attached hydrogens (tertiary/aromatic N) is 2. The number of hydrogen-bond acceptors (Lipinski definition) is 4. The van der Waals surface area contributed by atoms with Crippen molar-refractivity contribution in [2.45, 2.75) is 25.2 Å². The molecule has 3 aromatic rings. The summed E-state index contributed by atoms with van der Waals surface area (Å²) in [7, 11) is 0. The molecule has 0 bridgehead atoms. The van der Waals surface area contributed by atoms with Gasteiger partial charge in [0, 0.05) is 12.1 Å². The van der Waals surface area contributed by atoms with Gasteiger partial charge in [0.25, 0.3) is 0 Å². The molecule has 0 fully saturated rings. The van der Waals surface area contributed by atoms with Crippen molar-refractivity contribution in [2.24, 2.45) is 0 Å². The third kappa shape index (κ3) is 4.38. The molecule has 128 valence electrons. The van der Waals surface area contributed by atoms with E-state index in [0.29, 0.717) is 17.9 Å². The highest BCUT2D eigenvalue weighted by Crippen LogP contribution is 2.22. The van der Waals surface area contributed by atoms with Crippen molar-refractivity contribution < 1.29 is 9.90 Å². The number of carbonyl (C=O) groups excluding carboxylic acids is 1. The molecule has 0 aliphatic heterocycles. The number of hydrogen-bond donors (Lipinski definition) is 1. The smallest absolute Gasteiger partial charge is 0.173 e. The first-order valence-electron chi connectivity index (χ1n) is 8.09. The predicted molar refractivity (Wildman–Crippen MR) is 99.9 cm³/mol. The van der Waals surface area contributed by atoms with E-state index in [0.717, 1.165) is 16.4 Å². The van der Waals surface area contributed by atoms with Gasteiger partial charge in [-0.2, -0.15) is 0 Å². The molecule has 0 aliphatic carbocycles. The van der Waals surface area contributed by atoms with Crippen LogP contribution in [0.1, 0.15) is 27.2 Å². The summed E-state index contributed by atoms with van der Waals surface area (Å²) in [6.45, 7) is 2.60. The Bertz CT molecular complexity index is 859. The molecule has 0 unspecified atom stereocenters. The van der Waals surface area contributed by atoms with E-state index < -0.39 is 0 Å². The van der Waals surface area contributed by atoms with Gasteiger partial charge in [-0.1, -0.05) is 71.9 Å². The van der Waals surface area contributed by atoms with E-state index in [1.54, 1.807) is 6.20 Å². The minimum absolute atomic E-state index is 0.0706. The molecule has 4 nitrogen and oxygen atoms in total. The van der Waals surface area contributed by atoms with Crippen molar-refractivity contribution in [3.8, 4) is 0 Å². The maximum atomic E-state index is 12.3. The van der Waals surface area contributed by atoms with Crippen LogP contribution in [0, 0.1) is 6.92 Å². The van der Waals surface area contributed by atoms with Gasteiger partial charge in [0.1, 0.15) is 0 Å². The second kappa shape index (κ2) is 8.14. The fraction of sp³-hybridized carbons (Fsp3) is 0.200. The Morgan fingerprint density at radius 3 is 2.68 bits per heavy atom. The van der Waals surface area contributed by atoms with E-state index in [1.807, 2.05) is 41.0 Å². The number of rotatable bonds is 7. The van der Waals surface area contributed by atoms with Crippen molar-refractivity contribution in [1.82, 2.24) is 9.55 Å². The summed E-state index contributed by atoms with van der Waals surface area (Å²) < 4.78 is 1.97. The van der Waals surface area contributed by atoms with Crippen molar-refractivity contribution in [2.75, 3.05) is 5.75 Å². The molecule has 3 rings (SSSR count). The Morgan fingerprint density at radius 2 is 1.96 bits per heavy atom. The summed E-state index contributed by atoms with van der Waals surface area (Å²) in [6, 6.07) is 17.5. The Labute approximate surface area is 151 Å². The molecule has 1 aromatic heterocycles. The average molecular weight is 352 g/mol. The summed E-state index contributed by atoms with van der Waals surface area (Å²) in [5.74, 6) is 0.390. The van der Waals surface area contributed by atoms with Gasteiger partial charge < -0.3 is 9.67 Å². The fourth-order valence-electron chi connectivity index (χ4n) is 2.63. The Morgan fingerprint density at radius 1 is 1.16 bits per heavy atom. The summed E-state index contributed by atoms with van der Waals surface area (Å²) in [4.78, 5) is 16.7. The molecule has 0 saturated carbocycles. The van der Waals surface area contributed by atoms with Crippen molar-refractivity contribution in [1.29, 1.82) is 0 Å². The molecule has 1 N–H and O–H groups in total. The molecule has 2 aromatic carbocycles. The lowest BCUT2D eigenvalue weighted by Gasteiger charge is -2.11. The molecule has 0 spiro atoms. The second-order valence-corrected chi connectivity index (χ2v) is 6.79. The van der Waals surface area contributed by atoms with E-state index >= 15 is 0 Å². The quantitative estimate of drug-likeness (QED) is 0.520. The molecular weight excluding hydrogens is 332 g/mol. The first-order chi connectivity index (χ1) is 12.2. The fourth-order valence-corrected chi connectivity index (χ4v) is 3.52. The summed E-state index contributed by atoms with van der Waals surface area (Å²) in [5.41, 5.74) is 3.78. The van der Waals surface area contributed by atoms with Crippen molar-refractivity contribution in [3.63, 3.8) is 0 Å². The number of aromatic nitrogens is 2. The summed E-state index contributed by atoms with van der Waals surface area (Å²) in [5, 5.41) is 10.3. The Balaban J connectivity index is 1.75. The number of aliphatic hydroxyl groups excluding tert-OH is 1. The van der Waals surface area contributed by atoms with E-state index in [1.165, 1.54) is 17.3 Å². The number of ketones is 1. The summed E-state index contributed by atoms with van der Waals surface area (Å²) in [6.07, 6.45) is 1.67. The molecule has 1 heterocycles. The number of benzene rings is 2. The zero-order chi connectivity index (χ0) is 17.6. The molecule has 0 aliphatic rings. The van der Waals surface area contributed by atoms with Crippen LogP contribution >= 0.6 is 11.8 Å². The molecule has 5 heteroatoms. The van der Waals surface area contributed by atoms with Gasteiger partial charge in [0.2, 0.25) is 0 Å². The highest BCUT2D eigenvalue weighted by Gasteiger charge is 2.13. The first-order valence-corrected chi connectivity index (χ1v) is 9.08. The normalized spacial score (nSPS) is 10.8. The lowest BCUT2D eigenvalue weighted by molar-refractivity contribution is 0.102. The minimum Gasteiger partial charge on any atom is -0.390 e. The molecule has 0 amide bonds. The van der Waals surface area contributed by atoms with Crippen LogP contribution in [0.3, 0.4) is 0 Å². The molecular formula is C20H20N2O2S. The highest BCUT2D eigenvalue weighted by molar-refractivity contribution is 7.99. The topological polar surface area (TPSA) is 55.1 Å². The predicted octanol–water partition coefficient (Wildman–Crippen LogP) is 3.71. The van der Waals surface area contributed by atoms with Gasteiger partial charge >= 0.3 is 0 Å². The first kappa shape index (κ1) is 17.5. The molecule has 0 radical (unpaired) electrons. The number of carbonyl (C=O) groups is 1. The molecule has 0 atom stereocenters. The number of aryl methyl sites for hydroxylation is 1. The Hall–Kier alpha value is -2.37. The molecule has 25 heavy (non-hydrogen) atoms. The lowest BCUT2D eigenvalue weighted by Crippen LogP contribution is -2.08. The number of aliphatic hydroxyl groups is 1. The van der Waals surface area contributed by atoms with E-state index in [4.69, 9.17) is 0 Å². The van der Waals surface area contributed by atoms with Crippen molar-refractivity contribution in [3.05, 3.63) is 83.2 Å². The van der Waals surface area contributed by atoms with E-state index in [-0.39, 0.29) is 12.4 Å². The van der Waals surface area contributed by atoms with Gasteiger partial charge in [-0.15, -0.1) is 0 Å². The van der Waals surface area contributed by atoms with Gasteiger partial charge in [-0.3, -0.25) is 4.79 Å². The highest BCUT2D eigenvalue weighted by atomic mass is 32.2. The zero-order valence-electron chi connectivity index (χ0n) is 14.1. The number of Topliss-reactive ketones (excluding diaryl/α,β-unsaturated/α-hetero) is 1. The zero-order valence-corrected chi connectivity index (χ0v) is 14.9. The summed E-state index contributed by atoms with van der Waals surface area (Å²) >= 11 is 1.40. The van der Waals surface area contributed by atoms with Crippen LogP contribution in [0.15, 0.2) is 66.0 Å². The van der Waals surface area contributed by atoms with Crippen LogP contribution in [-0.2, 0) is 13.2 Å². The third-order valence-electron chi connectivity index (χ3n) is 3.91. The van der Waals surface area contributed by atoms with E-state index in [2.05, 4.69) is 30.1 Å². The monoisotopic (exact) mass is 352 g/mol. The van der Waals surface area contributed by atoms with Gasteiger partial charge in [0.15, 0.2) is 10.9 Å². The van der Waals surface area contributed by atoms with Crippen LogP contribution in [0.5, 0.6) is 0 Å². The van der Waals surface area contributed by atoms with Crippen LogP contribution < -0.4 is 0 Å². The molecule has 0 saturated heterocycles. The van der Waals surface area contributed by atoms with Crippen LogP contribution in [0.2, 0.25) is 0 Å². The SMILES string of the molecule is Cc1cccc(Cn2c(CO)cnc2SCC(=O)c2ccccc2)c1. The van der Waals surface area contributed by atoms with Gasteiger partial charge in [0.05, 0.1) is 24.3 Å². The van der Waals surface area contributed by atoms with Crippen molar-refractivity contribution >= 4 is 17.5 Å². The maximum Gasteiger partial charge on any atom is 0.173 e. The van der Waals surface area contributed by atoms with Gasteiger partial charge in [-0.25, -0.2) is 4.98 Å². The van der Waals surface area contributed by atoms with E-state index in [9.17, 15) is 9.90 Å². The number of imidazole rings is 1. The standard InChI is InChI=1S/C20H20N2O2S/c1-15-6-5-7-16(10-15)12-22-18(13-23)11-21-20(22)25-14-19(24)17-8-3-2-4-9-17/h2-11,23H,12-14H2,1H3. The maximum absolute atomic E-state index is 12.3. The largest absolute Gasteiger partial charge is 0.390 e. The average Bonchev–Trinajstić information content (AvgIpc) is 3.02. The lowest BCUT2D eigenvalue weighted by atomic mass is 10.1. The Kier molecular flexibility index (Phi) is 5.68. The minimum atomic E-state index is -0.0774. The van der Waals surface area contributed by atoms with Gasteiger partial charge in [-0.05, 0) is 12.5 Å². The van der Waals surface area contributed by atoms with Crippen LogP contribution in [0.4, 0.5) is 0 Å². The van der Waals surface area contributed by atoms with Crippen LogP contribution in [-0.4, -0.2) is 26.2 Å². The van der Waals surface area contributed by atoms with Crippen LogP contribution in [0.25, 0.3) is 0 Å². The third-order valence-corrected chi connectivity index (χ3v) is 4.91. The number of thioether (sulfide) groups is 1. The second-order valence-electron chi connectivity index (χ2n) is 5.84.